The molecule has 3 rings (SSSR count). The van der Waals surface area contributed by atoms with Gasteiger partial charge in [-0.25, -0.2) is 0 Å². The average molecular weight is 557 g/mol. The molecule has 0 N–H and O–H groups in total. The van der Waals surface area contributed by atoms with Gasteiger partial charge in [0.1, 0.15) is 21.7 Å². The van der Waals surface area contributed by atoms with Gasteiger partial charge in [0, 0.05) is 36.4 Å². The highest BCUT2D eigenvalue weighted by atomic mass is 35.5. The van der Waals surface area contributed by atoms with E-state index in [0.29, 0.717) is 0 Å². The molecule has 15 heteroatoms. The van der Waals surface area contributed by atoms with E-state index in [-0.39, 0.29) is 34.3 Å². The van der Waals surface area contributed by atoms with Gasteiger partial charge in [-0.3, -0.25) is 30.3 Å². The van der Waals surface area contributed by atoms with Crippen LogP contribution in [-0.2, 0) is 0 Å². The maximum atomic E-state index is 11.0. The van der Waals surface area contributed by atoms with E-state index in [1.807, 2.05) is 0 Å². The quantitative estimate of drug-likeness (QED) is 0.155. The van der Waals surface area contributed by atoms with Crippen molar-refractivity contribution in [1.29, 1.82) is 0 Å². The Morgan fingerprint density at radius 2 is 0.806 bits per heavy atom. The van der Waals surface area contributed by atoms with E-state index < -0.39 is 30.3 Å². The second-order valence-corrected chi connectivity index (χ2v) is 8.02. The lowest BCUT2D eigenvalue weighted by Crippen LogP contribution is -2.49. The molecule has 0 aliphatic rings. The maximum absolute atomic E-state index is 11.0. The fourth-order valence-corrected chi connectivity index (χ4v) is 3.03. The molecule has 0 aliphatic heterocycles. The Balaban J connectivity index is 2.10. The van der Waals surface area contributed by atoms with Gasteiger partial charge in [-0.1, -0.05) is 34.8 Å². The molecule has 0 spiro atoms. The second-order valence-electron chi connectivity index (χ2n) is 6.69. The topological polar surface area (TPSA) is 157 Å². The van der Waals surface area contributed by atoms with Crippen molar-refractivity contribution in [2.75, 3.05) is 0 Å². The van der Waals surface area contributed by atoms with Crippen LogP contribution in [0.4, 0.5) is 17.1 Å². The lowest BCUT2D eigenvalue weighted by atomic mass is 10.3. The van der Waals surface area contributed by atoms with Crippen LogP contribution >= 0.6 is 34.8 Å². The second kappa shape index (κ2) is 11.1. The molecule has 0 atom stereocenters. The summed E-state index contributed by atoms with van der Waals surface area (Å²) in [5.41, 5.74) is -0.715. The lowest BCUT2D eigenvalue weighted by Gasteiger charge is -2.33. The van der Waals surface area contributed by atoms with Crippen LogP contribution in [-0.4, -0.2) is 20.7 Å². The van der Waals surface area contributed by atoms with Gasteiger partial charge in [0.2, 0.25) is 0 Å². The van der Waals surface area contributed by atoms with Crippen LogP contribution in [0, 0.1) is 30.3 Å². The molecule has 36 heavy (non-hydrogen) atoms. The summed E-state index contributed by atoms with van der Waals surface area (Å²) in [5, 5.41) is 32.4. The van der Waals surface area contributed by atoms with Crippen molar-refractivity contribution < 1.29 is 29.0 Å². The Hall–Kier alpha value is -4.13. The van der Waals surface area contributed by atoms with E-state index in [0.717, 1.165) is 36.4 Å². The van der Waals surface area contributed by atoms with Crippen LogP contribution < -0.4 is 14.2 Å². The predicted molar refractivity (Wildman–Crippen MR) is 128 cm³/mol. The Labute approximate surface area is 216 Å². The number of ether oxygens (including phenoxy) is 3. The number of nitro benzene ring substituents is 3. The molecule has 0 amide bonds. The maximum Gasteiger partial charge on any atom is 0.461 e. The SMILES string of the molecule is O=[N+]([O-])c1ccc(OC(Oc2ccc([N+](=O)[O-])cc2)(Oc2ccc([N+](=O)[O-])cc2)C(Cl)=C(Cl)Cl)cc1. The van der Waals surface area contributed by atoms with E-state index in [9.17, 15) is 30.3 Å². The van der Waals surface area contributed by atoms with Gasteiger partial charge in [-0.05, 0) is 36.4 Å². The first kappa shape index (κ1) is 26.5. The van der Waals surface area contributed by atoms with Gasteiger partial charge in [0.05, 0.1) is 14.8 Å². The highest BCUT2D eigenvalue weighted by Crippen LogP contribution is 2.38. The first-order chi connectivity index (χ1) is 17.0. The van der Waals surface area contributed by atoms with Crippen LogP contribution in [0.5, 0.6) is 17.2 Å². The van der Waals surface area contributed by atoms with Crippen molar-refractivity contribution >= 4 is 51.9 Å². The smallest absolute Gasteiger partial charge is 0.416 e. The van der Waals surface area contributed by atoms with Gasteiger partial charge in [-0.2, -0.15) is 0 Å². The third-order valence-corrected chi connectivity index (χ3v) is 5.33. The molecule has 3 aromatic carbocycles. The predicted octanol–water partition coefficient (Wildman–Crippen LogP) is 6.49. The summed E-state index contributed by atoms with van der Waals surface area (Å²) in [5.74, 6) is -2.62. The molecule has 0 aromatic heterocycles. The Kier molecular flexibility index (Phi) is 8.14. The van der Waals surface area contributed by atoms with Gasteiger partial charge in [-0.15, -0.1) is 0 Å². The van der Waals surface area contributed by atoms with Gasteiger partial charge < -0.3 is 14.2 Å². The third-order valence-electron chi connectivity index (χ3n) is 4.33. The van der Waals surface area contributed by atoms with Gasteiger partial charge in [0.25, 0.3) is 17.1 Å². The molecule has 0 unspecified atom stereocenters. The molecular weight excluding hydrogens is 545 g/mol. The van der Waals surface area contributed by atoms with E-state index >= 15 is 0 Å². The standard InChI is InChI=1S/C21H12Cl3N3O9/c22-19(20(23)24)21(34-16-7-1-13(2-8-16)25(28)29,35-17-9-3-14(4-10-17)26(30)31)36-18-11-5-15(6-12-18)27(32)33/h1-12H. The molecule has 0 fully saturated rings. The molecule has 186 valence electrons. The molecule has 0 radical (unpaired) electrons. The van der Waals surface area contributed by atoms with Gasteiger partial charge >= 0.3 is 5.97 Å². The lowest BCUT2D eigenvalue weighted by molar-refractivity contribution is -0.385. The zero-order valence-corrected chi connectivity index (χ0v) is 19.8. The van der Waals surface area contributed by atoms with Crippen LogP contribution in [0.3, 0.4) is 0 Å². The minimum absolute atomic E-state index is 0.0443. The van der Waals surface area contributed by atoms with Crippen molar-refractivity contribution in [3.63, 3.8) is 0 Å². The fourth-order valence-electron chi connectivity index (χ4n) is 2.69. The third kappa shape index (κ3) is 6.30. The highest BCUT2D eigenvalue weighted by Gasteiger charge is 2.45. The Morgan fingerprint density at radius 1 is 0.556 bits per heavy atom. The number of hydrogen-bond acceptors (Lipinski definition) is 9. The number of hydrogen-bond donors (Lipinski definition) is 0. The number of rotatable bonds is 10. The largest absolute Gasteiger partial charge is 0.461 e. The molecule has 0 saturated heterocycles. The van der Waals surface area contributed by atoms with E-state index in [2.05, 4.69) is 0 Å². The molecule has 0 saturated carbocycles. The summed E-state index contributed by atoms with van der Waals surface area (Å²) in [6.45, 7) is 0. The summed E-state index contributed by atoms with van der Waals surface area (Å²) in [4.78, 5) is 31.1. The first-order valence-corrected chi connectivity index (χ1v) is 10.7. The fraction of sp³-hybridized carbons (Fsp3) is 0.0476. The summed E-state index contributed by atoms with van der Waals surface area (Å²) in [6, 6.07) is 14.1. The van der Waals surface area contributed by atoms with Crippen molar-refractivity contribution in [3.05, 3.63) is 113 Å². The first-order valence-electron chi connectivity index (χ1n) is 9.52. The molecule has 0 bridgehead atoms. The molecule has 0 heterocycles. The molecule has 12 nitrogen and oxygen atoms in total. The van der Waals surface area contributed by atoms with Crippen LogP contribution in [0.1, 0.15) is 0 Å². The Bertz CT molecular complexity index is 1170. The van der Waals surface area contributed by atoms with Crippen LogP contribution in [0.2, 0.25) is 0 Å². The van der Waals surface area contributed by atoms with Crippen molar-refractivity contribution in [1.82, 2.24) is 0 Å². The summed E-state index contributed by atoms with van der Waals surface area (Å²) in [7, 11) is 0. The van der Waals surface area contributed by atoms with Gasteiger partial charge in [0.15, 0.2) is 5.03 Å². The average Bonchev–Trinajstić information content (AvgIpc) is 2.84. The normalized spacial score (nSPS) is 10.8. The number of halogens is 3. The van der Waals surface area contributed by atoms with Crippen molar-refractivity contribution in [3.8, 4) is 17.2 Å². The van der Waals surface area contributed by atoms with E-state index in [1.165, 1.54) is 36.4 Å². The van der Waals surface area contributed by atoms with Crippen LogP contribution in [0.25, 0.3) is 0 Å². The summed E-state index contributed by atoms with van der Waals surface area (Å²) < 4.78 is 16.9. The number of non-ortho nitro benzene ring substituents is 3. The highest BCUT2D eigenvalue weighted by molar-refractivity contribution is 6.59. The summed E-state index contributed by atoms with van der Waals surface area (Å²) in [6.07, 6.45) is 0. The minimum Gasteiger partial charge on any atom is -0.416 e. The van der Waals surface area contributed by atoms with Crippen LogP contribution in [0.15, 0.2) is 82.3 Å². The monoisotopic (exact) mass is 555 g/mol. The number of nitrogens with zero attached hydrogens (tertiary/aromatic N) is 3. The van der Waals surface area contributed by atoms with Crippen molar-refractivity contribution in [2.24, 2.45) is 0 Å². The van der Waals surface area contributed by atoms with E-state index in [4.69, 9.17) is 49.0 Å². The number of benzene rings is 3. The zero-order chi connectivity index (χ0) is 26.5. The Morgan fingerprint density at radius 3 is 1.00 bits per heavy atom. The molecule has 0 aliphatic carbocycles. The molecule has 3 aromatic rings. The zero-order valence-electron chi connectivity index (χ0n) is 17.6. The van der Waals surface area contributed by atoms with E-state index in [1.54, 1.807) is 0 Å². The minimum atomic E-state index is -2.48. The van der Waals surface area contributed by atoms with Crippen molar-refractivity contribution in [2.45, 2.75) is 5.97 Å². The summed E-state index contributed by atoms with van der Waals surface area (Å²) >= 11 is 18.2. The number of nitro groups is 3. The molecular formula is C21H12Cl3N3O9.